The van der Waals surface area contributed by atoms with E-state index in [0.29, 0.717) is 12.4 Å². The number of hydrogen-bond donors (Lipinski definition) is 0. The Hall–Kier alpha value is -2.28. The second-order valence-corrected chi connectivity index (χ2v) is 3.13. The highest BCUT2D eigenvalue weighted by molar-refractivity contribution is 5.92. The van der Waals surface area contributed by atoms with Crippen LogP contribution < -0.4 is 4.74 Å². The van der Waals surface area contributed by atoms with Crippen LogP contribution in [0.5, 0.6) is 5.75 Å². The molecular formula is C12H14O7. The van der Waals surface area contributed by atoms with Crippen LogP contribution in [-0.2, 0) is 19.6 Å². The number of ether oxygens (including phenoxy) is 2. The Morgan fingerprint density at radius 1 is 1.05 bits per heavy atom. The highest BCUT2D eigenvalue weighted by Gasteiger charge is 2.16. The van der Waals surface area contributed by atoms with E-state index in [1.807, 2.05) is 0 Å². The molecule has 104 valence electrons. The van der Waals surface area contributed by atoms with Crippen LogP contribution in [-0.4, -0.2) is 25.3 Å². The first kappa shape index (κ1) is 14.8. The third kappa shape index (κ3) is 4.84. The van der Waals surface area contributed by atoms with E-state index in [9.17, 15) is 9.59 Å². The summed E-state index contributed by atoms with van der Waals surface area (Å²) in [6.07, 6.45) is -1.10. The zero-order chi connectivity index (χ0) is 14.1. The summed E-state index contributed by atoms with van der Waals surface area (Å²) in [5, 5.41) is 4.02. The molecule has 0 saturated heterocycles. The Kier molecular flexibility index (Phi) is 6.17. The van der Waals surface area contributed by atoms with Crippen molar-refractivity contribution in [2.75, 3.05) is 13.2 Å². The van der Waals surface area contributed by atoms with Crippen LogP contribution in [0.3, 0.4) is 0 Å². The quantitative estimate of drug-likeness (QED) is 0.445. The molecule has 0 aromatic heterocycles. The SMILES string of the molecule is CCOC(=O)OOOC(=O)c1ccccc1OCC. The normalized spacial score (nSPS) is 9.58. The van der Waals surface area contributed by atoms with E-state index < -0.39 is 12.1 Å². The van der Waals surface area contributed by atoms with E-state index in [1.54, 1.807) is 32.0 Å². The van der Waals surface area contributed by atoms with Gasteiger partial charge in [0.25, 0.3) is 0 Å². The van der Waals surface area contributed by atoms with Crippen LogP contribution in [0, 0.1) is 0 Å². The molecule has 0 fully saturated rings. The molecule has 0 spiro atoms. The third-order valence-corrected chi connectivity index (χ3v) is 1.88. The van der Waals surface area contributed by atoms with Gasteiger partial charge in [-0.2, -0.15) is 0 Å². The fraction of sp³-hybridized carbons (Fsp3) is 0.333. The molecule has 0 N–H and O–H groups in total. The van der Waals surface area contributed by atoms with E-state index in [0.717, 1.165) is 0 Å². The van der Waals surface area contributed by atoms with Gasteiger partial charge in [-0.15, -0.1) is 0 Å². The van der Waals surface area contributed by atoms with Gasteiger partial charge >= 0.3 is 12.1 Å². The lowest BCUT2D eigenvalue weighted by atomic mass is 10.2. The van der Waals surface area contributed by atoms with Crippen molar-refractivity contribution in [2.45, 2.75) is 13.8 Å². The molecular weight excluding hydrogens is 256 g/mol. The molecule has 0 saturated carbocycles. The molecule has 0 bridgehead atoms. The molecule has 0 radical (unpaired) electrons. The van der Waals surface area contributed by atoms with Crippen molar-refractivity contribution in [1.82, 2.24) is 0 Å². The van der Waals surface area contributed by atoms with E-state index >= 15 is 0 Å². The molecule has 0 aliphatic heterocycles. The minimum absolute atomic E-state index is 0.114. The van der Waals surface area contributed by atoms with Gasteiger partial charge in [0.05, 0.1) is 18.3 Å². The lowest BCUT2D eigenvalue weighted by Crippen LogP contribution is -2.12. The summed E-state index contributed by atoms with van der Waals surface area (Å²) in [7, 11) is 0. The zero-order valence-electron chi connectivity index (χ0n) is 10.6. The molecule has 0 aliphatic carbocycles. The monoisotopic (exact) mass is 270 g/mol. The maximum Gasteiger partial charge on any atom is 0.543 e. The fourth-order valence-corrected chi connectivity index (χ4v) is 1.18. The summed E-state index contributed by atoms with van der Waals surface area (Å²) in [6, 6.07) is 6.43. The van der Waals surface area contributed by atoms with Gasteiger partial charge < -0.3 is 9.47 Å². The highest BCUT2D eigenvalue weighted by Crippen LogP contribution is 2.18. The standard InChI is InChI=1S/C12H14O7/c1-3-15-10-8-6-5-7-9(10)11(13)17-19-18-12(14)16-4-2/h5-8H,3-4H2,1-2H3. The Morgan fingerprint density at radius 3 is 2.47 bits per heavy atom. The van der Waals surface area contributed by atoms with Gasteiger partial charge in [-0.1, -0.05) is 12.1 Å². The molecule has 0 atom stereocenters. The molecule has 19 heavy (non-hydrogen) atoms. The average molecular weight is 270 g/mol. The molecule has 1 aromatic carbocycles. The van der Waals surface area contributed by atoms with Crippen LogP contribution in [0.1, 0.15) is 24.2 Å². The maximum absolute atomic E-state index is 11.6. The van der Waals surface area contributed by atoms with Crippen molar-refractivity contribution in [3.8, 4) is 5.75 Å². The first-order valence-electron chi connectivity index (χ1n) is 5.63. The number of rotatable bonds is 6. The predicted octanol–water partition coefficient (Wildman–Crippen LogP) is 2.26. The van der Waals surface area contributed by atoms with E-state index in [4.69, 9.17) is 4.74 Å². The third-order valence-electron chi connectivity index (χ3n) is 1.88. The Balaban J connectivity index is 2.51. The van der Waals surface area contributed by atoms with E-state index in [1.165, 1.54) is 6.07 Å². The van der Waals surface area contributed by atoms with E-state index in [-0.39, 0.29) is 12.2 Å². The Bertz CT molecular complexity index is 430. The molecule has 1 rings (SSSR count). The molecule has 0 amide bonds. The first-order chi connectivity index (χ1) is 9.19. The predicted molar refractivity (Wildman–Crippen MR) is 62.2 cm³/mol. The average Bonchev–Trinajstić information content (AvgIpc) is 2.40. The molecule has 0 unspecified atom stereocenters. The first-order valence-corrected chi connectivity index (χ1v) is 5.63. The van der Waals surface area contributed by atoms with Crippen molar-refractivity contribution in [3.05, 3.63) is 29.8 Å². The van der Waals surface area contributed by atoms with Gasteiger partial charge in [-0.25, -0.2) is 14.5 Å². The Labute approximate surface area is 109 Å². The van der Waals surface area contributed by atoms with Crippen LogP contribution in [0.15, 0.2) is 24.3 Å². The van der Waals surface area contributed by atoms with Crippen molar-refractivity contribution in [2.24, 2.45) is 0 Å². The minimum Gasteiger partial charge on any atom is -0.493 e. The molecule has 1 aromatic rings. The molecule has 7 nitrogen and oxygen atoms in total. The largest absolute Gasteiger partial charge is 0.543 e. The van der Waals surface area contributed by atoms with E-state index in [2.05, 4.69) is 19.6 Å². The summed E-state index contributed by atoms with van der Waals surface area (Å²) >= 11 is 0. The van der Waals surface area contributed by atoms with Crippen LogP contribution >= 0.6 is 0 Å². The molecule has 0 heterocycles. The van der Waals surface area contributed by atoms with Crippen molar-refractivity contribution >= 4 is 12.1 Å². The van der Waals surface area contributed by atoms with Crippen molar-refractivity contribution in [1.29, 1.82) is 0 Å². The smallest absolute Gasteiger partial charge is 0.493 e. The highest BCUT2D eigenvalue weighted by atomic mass is 17.5. The van der Waals surface area contributed by atoms with Gasteiger partial charge in [0.15, 0.2) is 0 Å². The van der Waals surface area contributed by atoms with Gasteiger partial charge in [-0.3, -0.25) is 4.89 Å². The van der Waals surface area contributed by atoms with Gasteiger partial charge in [0, 0.05) is 0 Å². The number of benzene rings is 1. The van der Waals surface area contributed by atoms with Crippen LogP contribution in [0.2, 0.25) is 0 Å². The molecule has 7 heteroatoms. The van der Waals surface area contributed by atoms with Crippen molar-refractivity contribution in [3.63, 3.8) is 0 Å². The number of para-hydroxylation sites is 1. The topological polar surface area (TPSA) is 80.3 Å². The van der Waals surface area contributed by atoms with Gasteiger partial charge in [0.2, 0.25) is 0 Å². The minimum atomic E-state index is -1.10. The van der Waals surface area contributed by atoms with Gasteiger partial charge in [0.1, 0.15) is 11.3 Å². The number of carbonyl (C=O) groups excluding carboxylic acids is 2. The second kappa shape index (κ2) is 7.93. The number of carbonyl (C=O) groups is 2. The summed E-state index contributed by atoms with van der Waals surface area (Å²) in [6.45, 7) is 3.88. The fourth-order valence-electron chi connectivity index (χ4n) is 1.18. The maximum atomic E-state index is 11.6. The molecule has 0 aliphatic rings. The zero-order valence-corrected chi connectivity index (χ0v) is 10.6. The summed E-state index contributed by atoms with van der Waals surface area (Å²) in [5.41, 5.74) is 0.150. The lowest BCUT2D eigenvalue weighted by molar-refractivity contribution is -0.452. The lowest BCUT2D eigenvalue weighted by Gasteiger charge is -2.07. The number of hydrogen-bond acceptors (Lipinski definition) is 7. The van der Waals surface area contributed by atoms with Crippen LogP contribution in [0.25, 0.3) is 0 Å². The van der Waals surface area contributed by atoms with Crippen LogP contribution in [0.4, 0.5) is 4.79 Å². The summed E-state index contributed by atoms with van der Waals surface area (Å²) in [5.74, 6) is -0.511. The second-order valence-electron chi connectivity index (χ2n) is 3.13. The van der Waals surface area contributed by atoms with Gasteiger partial charge in [-0.05, 0) is 26.0 Å². The van der Waals surface area contributed by atoms with Crippen molar-refractivity contribution < 1.29 is 33.9 Å². The summed E-state index contributed by atoms with van der Waals surface area (Å²) < 4.78 is 9.62. The summed E-state index contributed by atoms with van der Waals surface area (Å²) in [4.78, 5) is 30.7. The Morgan fingerprint density at radius 2 is 1.79 bits per heavy atom.